The summed E-state index contributed by atoms with van der Waals surface area (Å²) in [6, 6.07) is 0.206. The molecular formula is C13H23ClN2O. The van der Waals surface area contributed by atoms with Crippen LogP contribution < -0.4 is 0 Å². The molecule has 98 valence electrons. The summed E-state index contributed by atoms with van der Waals surface area (Å²) < 4.78 is 1.84. The van der Waals surface area contributed by atoms with E-state index in [2.05, 4.69) is 18.9 Å². The molecular weight excluding hydrogens is 236 g/mol. The van der Waals surface area contributed by atoms with Crippen LogP contribution in [-0.2, 0) is 5.60 Å². The second-order valence-corrected chi connectivity index (χ2v) is 5.32. The van der Waals surface area contributed by atoms with E-state index in [1.54, 1.807) is 6.20 Å². The van der Waals surface area contributed by atoms with Gasteiger partial charge in [0.15, 0.2) is 0 Å². The maximum absolute atomic E-state index is 10.8. The molecule has 0 bridgehead atoms. The van der Waals surface area contributed by atoms with E-state index in [-0.39, 0.29) is 6.04 Å². The monoisotopic (exact) mass is 258 g/mol. The number of halogens is 1. The van der Waals surface area contributed by atoms with Crippen molar-refractivity contribution < 1.29 is 5.11 Å². The highest BCUT2D eigenvalue weighted by atomic mass is 35.5. The van der Waals surface area contributed by atoms with Gasteiger partial charge in [0.2, 0.25) is 0 Å². The minimum atomic E-state index is -0.846. The van der Waals surface area contributed by atoms with Crippen molar-refractivity contribution in [3.63, 3.8) is 0 Å². The Kier molecular flexibility index (Phi) is 5.02. The van der Waals surface area contributed by atoms with E-state index in [9.17, 15) is 5.11 Å². The topological polar surface area (TPSA) is 38.1 Å². The zero-order valence-corrected chi connectivity index (χ0v) is 12.0. The number of hydrogen-bond acceptors (Lipinski definition) is 2. The van der Waals surface area contributed by atoms with Gasteiger partial charge in [0.05, 0.1) is 16.9 Å². The van der Waals surface area contributed by atoms with Crippen molar-refractivity contribution in [2.75, 3.05) is 0 Å². The molecule has 1 aromatic heterocycles. The average Bonchev–Trinajstić information content (AvgIpc) is 2.61. The first kappa shape index (κ1) is 14.5. The van der Waals surface area contributed by atoms with Gasteiger partial charge in [0.25, 0.3) is 0 Å². The molecule has 0 radical (unpaired) electrons. The summed E-state index contributed by atoms with van der Waals surface area (Å²) >= 11 is 6.20. The molecule has 0 amide bonds. The molecule has 0 fully saturated rings. The van der Waals surface area contributed by atoms with E-state index in [0.717, 1.165) is 31.4 Å². The standard InChI is InChI=1S/C13H23ClN2O/c1-5-7-13(17,8-6-2)12-11(14)9-15-16(12)10(3)4/h9-10,17H,5-8H2,1-4H3. The molecule has 0 aliphatic rings. The number of nitrogens with zero attached hydrogens (tertiary/aromatic N) is 2. The quantitative estimate of drug-likeness (QED) is 0.840. The second kappa shape index (κ2) is 5.87. The highest BCUT2D eigenvalue weighted by Gasteiger charge is 2.34. The van der Waals surface area contributed by atoms with Crippen molar-refractivity contribution in [2.24, 2.45) is 0 Å². The van der Waals surface area contributed by atoms with Gasteiger partial charge in [-0.2, -0.15) is 5.10 Å². The van der Waals surface area contributed by atoms with Crippen LogP contribution in [0.2, 0.25) is 5.02 Å². The Bertz CT molecular complexity index is 354. The summed E-state index contributed by atoms with van der Waals surface area (Å²) in [5, 5.41) is 15.7. The van der Waals surface area contributed by atoms with Gasteiger partial charge in [0.1, 0.15) is 5.60 Å². The lowest BCUT2D eigenvalue weighted by molar-refractivity contribution is 0.00734. The molecule has 0 aliphatic carbocycles. The highest BCUT2D eigenvalue weighted by molar-refractivity contribution is 6.31. The number of aromatic nitrogens is 2. The fourth-order valence-electron chi connectivity index (χ4n) is 2.36. The van der Waals surface area contributed by atoms with Gasteiger partial charge in [-0.1, -0.05) is 38.3 Å². The molecule has 0 unspecified atom stereocenters. The molecule has 1 heterocycles. The third-order valence-electron chi connectivity index (χ3n) is 3.01. The van der Waals surface area contributed by atoms with Crippen LogP contribution in [0.1, 0.15) is 65.1 Å². The van der Waals surface area contributed by atoms with E-state index >= 15 is 0 Å². The Hall–Kier alpha value is -0.540. The van der Waals surface area contributed by atoms with Crippen molar-refractivity contribution in [1.29, 1.82) is 0 Å². The molecule has 0 saturated carbocycles. The first-order chi connectivity index (χ1) is 7.96. The van der Waals surface area contributed by atoms with E-state index in [1.807, 2.05) is 18.5 Å². The van der Waals surface area contributed by atoms with Crippen LogP contribution in [0.4, 0.5) is 0 Å². The summed E-state index contributed by atoms with van der Waals surface area (Å²) in [4.78, 5) is 0. The van der Waals surface area contributed by atoms with Crippen molar-refractivity contribution in [2.45, 2.75) is 65.0 Å². The van der Waals surface area contributed by atoms with E-state index < -0.39 is 5.60 Å². The summed E-state index contributed by atoms with van der Waals surface area (Å²) in [5.41, 5.74) is -0.0701. The summed E-state index contributed by atoms with van der Waals surface area (Å²) in [6.07, 6.45) is 4.93. The molecule has 1 N–H and O–H groups in total. The molecule has 3 nitrogen and oxygen atoms in total. The number of hydrogen-bond donors (Lipinski definition) is 1. The Morgan fingerprint density at radius 3 is 2.29 bits per heavy atom. The van der Waals surface area contributed by atoms with Crippen molar-refractivity contribution >= 4 is 11.6 Å². The van der Waals surface area contributed by atoms with Crippen LogP contribution in [0.15, 0.2) is 6.20 Å². The average molecular weight is 259 g/mol. The Labute approximate surface area is 109 Å². The molecule has 17 heavy (non-hydrogen) atoms. The lowest BCUT2D eigenvalue weighted by atomic mass is 9.89. The fourth-order valence-corrected chi connectivity index (χ4v) is 2.66. The molecule has 0 saturated heterocycles. The van der Waals surface area contributed by atoms with Crippen LogP contribution in [0, 0.1) is 0 Å². The predicted molar refractivity (Wildman–Crippen MR) is 71.3 cm³/mol. The lowest BCUT2D eigenvalue weighted by Crippen LogP contribution is -2.30. The molecule has 0 aromatic carbocycles. The van der Waals surface area contributed by atoms with Crippen molar-refractivity contribution in [1.82, 2.24) is 9.78 Å². The summed E-state index contributed by atoms with van der Waals surface area (Å²) in [6.45, 7) is 8.24. The van der Waals surface area contributed by atoms with Crippen LogP contribution in [0.25, 0.3) is 0 Å². The Balaban J connectivity index is 3.21. The van der Waals surface area contributed by atoms with Gasteiger partial charge in [0, 0.05) is 6.04 Å². The maximum atomic E-state index is 10.8. The lowest BCUT2D eigenvalue weighted by Gasteiger charge is -2.30. The third-order valence-corrected chi connectivity index (χ3v) is 3.28. The molecule has 1 aromatic rings. The third kappa shape index (κ3) is 3.02. The van der Waals surface area contributed by atoms with Gasteiger partial charge < -0.3 is 5.11 Å². The first-order valence-electron chi connectivity index (χ1n) is 6.42. The molecule has 1 rings (SSSR count). The molecule has 4 heteroatoms. The molecule has 0 spiro atoms. The normalized spacial score (nSPS) is 12.4. The van der Waals surface area contributed by atoms with E-state index in [0.29, 0.717) is 5.02 Å². The Morgan fingerprint density at radius 2 is 1.88 bits per heavy atom. The minimum absolute atomic E-state index is 0.206. The second-order valence-electron chi connectivity index (χ2n) is 4.91. The van der Waals surface area contributed by atoms with Crippen LogP contribution in [0.5, 0.6) is 0 Å². The van der Waals surface area contributed by atoms with E-state index in [1.165, 1.54) is 0 Å². The van der Waals surface area contributed by atoms with Crippen molar-refractivity contribution in [3.05, 3.63) is 16.9 Å². The largest absolute Gasteiger partial charge is 0.384 e. The first-order valence-corrected chi connectivity index (χ1v) is 6.80. The zero-order chi connectivity index (χ0) is 13.1. The SMILES string of the molecule is CCCC(O)(CCC)c1c(Cl)cnn1C(C)C. The zero-order valence-electron chi connectivity index (χ0n) is 11.2. The van der Waals surface area contributed by atoms with Gasteiger partial charge in [-0.15, -0.1) is 0 Å². The van der Waals surface area contributed by atoms with Crippen molar-refractivity contribution in [3.8, 4) is 0 Å². The Morgan fingerprint density at radius 1 is 1.35 bits per heavy atom. The summed E-state index contributed by atoms with van der Waals surface area (Å²) in [7, 11) is 0. The van der Waals surface area contributed by atoms with Gasteiger partial charge in [-0.05, 0) is 26.7 Å². The fraction of sp³-hybridized carbons (Fsp3) is 0.769. The summed E-state index contributed by atoms with van der Waals surface area (Å²) in [5.74, 6) is 0. The van der Waals surface area contributed by atoms with Gasteiger partial charge in [-0.25, -0.2) is 0 Å². The highest BCUT2D eigenvalue weighted by Crippen LogP contribution is 2.37. The molecule has 0 aliphatic heterocycles. The van der Waals surface area contributed by atoms with Crippen LogP contribution >= 0.6 is 11.6 Å². The number of aliphatic hydroxyl groups is 1. The maximum Gasteiger partial charge on any atom is 0.108 e. The predicted octanol–water partition coefficient (Wildman–Crippen LogP) is 3.91. The van der Waals surface area contributed by atoms with Gasteiger partial charge in [-0.3, -0.25) is 4.68 Å². The minimum Gasteiger partial charge on any atom is -0.384 e. The van der Waals surface area contributed by atoms with Gasteiger partial charge >= 0.3 is 0 Å². The van der Waals surface area contributed by atoms with E-state index in [4.69, 9.17) is 11.6 Å². The molecule has 0 atom stereocenters. The number of rotatable bonds is 6. The smallest absolute Gasteiger partial charge is 0.108 e. The van der Waals surface area contributed by atoms with Crippen LogP contribution in [0.3, 0.4) is 0 Å². The van der Waals surface area contributed by atoms with Crippen LogP contribution in [-0.4, -0.2) is 14.9 Å².